The minimum Gasteiger partial charge on any atom is -0.497 e. The number of benzene rings is 2. The van der Waals surface area contributed by atoms with Crippen LogP contribution in [0.3, 0.4) is 0 Å². The van der Waals surface area contributed by atoms with Gasteiger partial charge in [-0.1, -0.05) is 18.2 Å². The summed E-state index contributed by atoms with van der Waals surface area (Å²) in [6.45, 7) is 0.941. The van der Waals surface area contributed by atoms with E-state index in [9.17, 15) is 0 Å². The quantitative estimate of drug-likeness (QED) is 0.721. The summed E-state index contributed by atoms with van der Waals surface area (Å²) in [5.41, 5.74) is 6.93. The number of rotatable bonds is 1. The fourth-order valence-electron chi connectivity index (χ4n) is 4.24. The first-order valence-electron chi connectivity index (χ1n) is 7.84. The molecule has 3 aromatic rings. The van der Waals surface area contributed by atoms with Crippen molar-refractivity contribution in [3.8, 4) is 5.75 Å². The van der Waals surface area contributed by atoms with Gasteiger partial charge in [-0.3, -0.25) is 0 Å². The lowest BCUT2D eigenvalue weighted by atomic mass is 9.73. The van der Waals surface area contributed by atoms with Crippen molar-refractivity contribution in [1.82, 2.24) is 10.3 Å². The molecule has 2 N–H and O–H groups in total. The first-order valence-corrected chi connectivity index (χ1v) is 7.84. The SMILES string of the molecule is COc1ccc2c(c1)[C@@H]1c3cccc4[nH]cc(c34)C[C@H]1NC2. The van der Waals surface area contributed by atoms with Gasteiger partial charge in [0.15, 0.2) is 0 Å². The summed E-state index contributed by atoms with van der Waals surface area (Å²) in [6, 6.07) is 13.6. The van der Waals surface area contributed by atoms with E-state index < -0.39 is 0 Å². The number of methoxy groups -OCH3 is 1. The molecule has 22 heavy (non-hydrogen) atoms. The van der Waals surface area contributed by atoms with E-state index in [1.807, 2.05) is 0 Å². The smallest absolute Gasteiger partial charge is 0.119 e. The first kappa shape index (κ1) is 12.3. The predicted molar refractivity (Wildman–Crippen MR) is 87.5 cm³/mol. The number of fused-ring (bicyclic) bond motifs is 4. The van der Waals surface area contributed by atoms with E-state index >= 15 is 0 Å². The van der Waals surface area contributed by atoms with Crippen LogP contribution in [0.1, 0.15) is 28.2 Å². The summed E-state index contributed by atoms with van der Waals surface area (Å²) < 4.78 is 5.46. The maximum atomic E-state index is 5.46. The van der Waals surface area contributed by atoms with Crippen LogP contribution >= 0.6 is 0 Å². The van der Waals surface area contributed by atoms with Crippen LogP contribution in [-0.2, 0) is 13.0 Å². The maximum Gasteiger partial charge on any atom is 0.119 e. The van der Waals surface area contributed by atoms with Crippen LogP contribution in [0.2, 0.25) is 0 Å². The first-order chi connectivity index (χ1) is 10.8. The molecule has 1 aliphatic heterocycles. The van der Waals surface area contributed by atoms with Crippen LogP contribution in [0, 0.1) is 0 Å². The summed E-state index contributed by atoms with van der Waals surface area (Å²) >= 11 is 0. The van der Waals surface area contributed by atoms with E-state index in [1.54, 1.807) is 7.11 Å². The third-order valence-corrected chi connectivity index (χ3v) is 5.24. The molecule has 2 aromatic carbocycles. The van der Waals surface area contributed by atoms with Crippen molar-refractivity contribution in [3.05, 3.63) is 64.8 Å². The van der Waals surface area contributed by atoms with Crippen molar-refractivity contribution in [2.75, 3.05) is 7.11 Å². The summed E-state index contributed by atoms with van der Waals surface area (Å²) in [5.74, 6) is 1.36. The number of H-pyrrole nitrogens is 1. The summed E-state index contributed by atoms with van der Waals surface area (Å²) in [7, 11) is 1.74. The number of hydrogen-bond donors (Lipinski definition) is 2. The van der Waals surface area contributed by atoms with Crippen molar-refractivity contribution >= 4 is 10.9 Å². The zero-order chi connectivity index (χ0) is 14.7. The molecule has 110 valence electrons. The molecule has 5 rings (SSSR count). The average molecular weight is 290 g/mol. The van der Waals surface area contributed by atoms with E-state index in [-0.39, 0.29) is 0 Å². The van der Waals surface area contributed by atoms with Gasteiger partial charge in [0.2, 0.25) is 0 Å². The van der Waals surface area contributed by atoms with E-state index in [4.69, 9.17) is 4.74 Å². The molecule has 2 atom stereocenters. The molecule has 3 heteroatoms. The van der Waals surface area contributed by atoms with Crippen LogP contribution in [0.5, 0.6) is 5.75 Å². The molecule has 0 radical (unpaired) electrons. The molecule has 0 unspecified atom stereocenters. The summed E-state index contributed by atoms with van der Waals surface area (Å²) in [4.78, 5) is 3.42. The molecule has 0 fully saturated rings. The normalized spacial score (nSPS) is 22.2. The van der Waals surface area contributed by atoms with Crippen molar-refractivity contribution in [3.63, 3.8) is 0 Å². The second-order valence-corrected chi connectivity index (χ2v) is 6.32. The Labute approximate surface area is 129 Å². The lowest BCUT2D eigenvalue weighted by Crippen LogP contribution is -2.43. The fraction of sp³-hybridized carbons (Fsp3) is 0.263. The van der Waals surface area contributed by atoms with E-state index in [0.717, 1.165) is 18.7 Å². The topological polar surface area (TPSA) is 37.0 Å². The van der Waals surface area contributed by atoms with Gasteiger partial charge in [-0.05, 0) is 46.9 Å². The molecule has 0 saturated heterocycles. The third kappa shape index (κ3) is 1.54. The zero-order valence-corrected chi connectivity index (χ0v) is 12.5. The monoisotopic (exact) mass is 290 g/mol. The number of hydrogen-bond acceptors (Lipinski definition) is 2. The highest BCUT2D eigenvalue weighted by atomic mass is 16.5. The highest BCUT2D eigenvalue weighted by Crippen LogP contribution is 2.44. The Morgan fingerprint density at radius 1 is 1.09 bits per heavy atom. The van der Waals surface area contributed by atoms with Gasteiger partial charge in [-0.15, -0.1) is 0 Å². The second-order valence-electron chi connectivity index (χ2n) is 6.32. The van der Waals surface area contributed by atoms with Gasteiger partial charge in [0.1, 0.15) is 5.75 Å². The molecule has 0 bridgehead atoms. The Morgan fingerprint density at radius 2 is 2.05 bits per heavy atom. The molecule has 1 aliphatic carbocycles. The van der Waals surface area contributed by atoms with Crippen LogP contribution in [-0.4, -0.2) is 18.1 Å². The van der Waals surface area contributed by atoms with Crippen molar-refractivity contribution in [2.45, 2.75) is 24.9 Å². The molecule has 0 saturated carbocycles. The number of aromatic amines is 1. The molecular formula is C19H18N2O. The molecule has 3 nitrogen and oxygen atoms in total. The highest BCUT2D eigenvalue weighted by molar-refractivity contribution is 5.89. The molecule has 2 heterocycles. The molecular weight excluding hydrogens is 272 g/mol. The molecule has 0 amide bonds. The minimum absolute atomic E-state index is 0.408. The van der Waals surface area contributed by atoms with E-state index in [1.165, 1.54) is 33.2 Å². The lowest BCUT2D eigenvalue weighted by Gasteiger charge is -2.38. The molecule has 1 aromatic heterocycles. The van der Waals surface area contributed by atoms with Crippen LogP contribution in [0.4, 0.5) is 0 Å². The Kier molecular flexibility index (Phi) is 2.44. The fourth-order valence-corrected chi connectivity index (χ4v) is 4.24. The van der Waals surface area contributed by atoms with Gasteiger partial charge in [-0.25, -0.2) is 0 Å². The van der Waals surface area contributed by atoms with Gasteiger partial charge in [0.05, 0.1) is 7.11 Å². The Morgan fingerprint density at radius 3 is 2.95 bits per heavy atom. The van der Waals surface area contributed by atoms with Gasteiger partial charge in [0.25, 0.3) is 0 Å². The number of nitrogens with one attached hydrogen (secondary N) is 2. The van der Waals surface area contributed by atoms with Crippen LogP contribution in [0.15, 0.2) is 42.6 Å². The minimum atomic E-state index is 0.408. The standard InChI is InChI=1S/C19H18N2O/c1-22-13-6-5-11-9-21-17-7-12-10-20-16-4-2-3-14(18(12)16)19(17)15(11)8-13/h2-6,8,10,17,19-21H,7,9H2,1H3/t17-,19+/m1/s1. The summed E-state index contributed by atoms with van der Waals surface area (Å²) in [5, 5.41) is 5.15. The highest BCUT2D eigenvalue weighted by Gasteiger charge is 2.36. The maximum absolute atomic E-state index is 5.46. The largest absolute Gasteiger partial charge is 0.497 e. The number of aromatic nitrogens is 1. The summed E-state index contributed by atoms with van der Waals surface area (Å²) in [6.07, 6.45) is 3.26. The Balaban J connectivity index is 1.79. The van der Waals surface area contributed by atoms with Gasteiger partial charge in [-0.2, -0.15) is 0 Å². The lowest BCUT2D eigenvalue weighted by molar-refractivity contribution is 0.405. The number of ether oxygens (including phenoxy) is 1. The van der Waals surface area contributed by atoms with Gasteiger partial charge in [0, 0.05) is 35.6 Å². The van der Waals surface area contributed by atoms with Crippen LogP contribution in [0.25, 0.3) is 10.9 Å². The Bertz CT molecular complexity index is 880. The van der Waals surface area contributed by atoms with Crippen molar-refractivity contribution in [2.24, 2.45) is 0 Å². The molecule has 0 spiro atoms. The zero-order valence-electron chi connectivity index (χ0n) is 12.5. The van der Waals surface area contributed by atoms with Gasteiger partial charge >= 0.3 is 0 Å². The van der Waals surface area contributed by atoms with Crippen LogP contribution < -0.4 is 10.1 Å². The third-order valence-electron chi connectivity index (χ3n) is 5.24. The van der Waals surface area contributed by atoms with E-state index in [0.29, 0.717) is 12.0 Å². The van der Waals surface area contributed by atoms with E-state index in [2.05, 4.69) is 52.9 Å². The average Bonchev–Trinajstić information content (AvgIpc) is 2.98. The molecule has 2 aliphatic rings. The Hall–Kier alpha value is -2.26. The predicted octanol–water partition coefficient (Wildman–Crippen LogP) is 3.34. The van der Waals surface area contributed by atoms with Crippen molar-refractivity contribution < 1.29 is 4.74 Å². The van der Waals surface area contributed by atoms with Crippen molar-refractivity contribution in [1.29, 1.82) is 0 Å². The second kappa shape index (κ2) is 4.37. The van der Waals surface area contributed by atoms with Gasteiger partial charge < -0.3 is 15.0 Å².